The molecule has 10 heteroatoms. The predicted molar refractivity (Wildman–Crippen MR) is 295 cm³/mol. The Morgan fingerprint density at radius 3 is 1.38 bits per heavy atom. The minimum Gasteiger partial charge on any atom is -0.456 e. The molecule has 2 N–H and O–H groups in total. The molecule has 0 aromatic carbocycles. The molecule has 0 heterocycles. The van der Waals surface area contributed by atoms with E-state index < -0.39 is 20.0 Å². The summed E-state index contributed by atoms with van der Waals surface area (Å²) in [6.45, 7) is 6.94. The van der Waals surface area contributed by atoms with Gasteiger partial charge in [-0.2, -0.15) is 0 Å². The second-order valence-electron chi connectivity index (χ2n) is 20.5. The molecule has 0 saturated carbocycles. The lowest BCUT2D eigenvalue weighted by Gasteiger charge is -2.27. The Labute approximate surface area is 426 Å². The van der Waals surface area contributed by atoms with E-state index in [0.29, 0.717) is 17.4 Å². The van der Waals surface area contributed by atoms with Crippen LogP contribution in [-0.4, -0.2) is 74.3 Å². The molecule has 3 unspecified atom stereocenters. The summed E-state index contributed by atoms with van der Waals surface area (Å²) in [4.78, 5) is 37.5. The minimum absolute atomic E-state index is 0.0299. The van der Waals surface area contributed by atoms with Gasteiger partial charge in [0, 0.05) is 12.8 Å². The Bertz CT molecular complexity index is 1370. The van der Waals surface area contributed by atoms with Gasteiger partial charge < -0.3 is 19.4 Å². The van der Waals surface area contributed by atoms with E-state index in [9.17, 15) is 19.0 Å². The minimum atomic E-state index is -4.46. The first-order valence-electron chi connectivity index (χ1n) is 28.6. The number of unbranched alkanes of at least 4 members (excludes halogenated alkanes) is 27. The van der Waals surface area contributed by atoms with Crippen LogP contribution in [0.2, 0.25) is 0 Å². The van der Waals surface area contributed by atoms with Crippen molar-refractivity contribution in [2.24, 2.45) is 0 Å². The van der Waals surface area contributed by atoms with Crippen LogP contribution >= 0.6 is 7.82 Å². The topological polar surface area (TPSA) is 111 Å². The van der Waals surface area contributed by atoms with Crippen LogP contribution in [-0.2, 0) is 27.9 Å². The van der Waals surface area contributed by atoms with E-state index in [4.69, 9.17) is 13.8 Å². The molecule has 0 aliphatic heterocycles. The van der Waals surface area contributed by atoms with Crippen LogP contribution < -0.4 is 5.32 Å². The van der Waals surface area contributed by atoms with Crippen LogP contribution in [0.25, 0.3) is 0 Å². The number of rotatable bonds is 51. The van der Waals surface area contributed by atoms with E-state index in [1.54, 1.807) is 0 Å². The Morgan fingerprint density at radius 1 is 0.507 bits per heavy atom. The number of nitrogens with zero attached hydrogens (tertiary/aromatic N) is 1. The average Bonchev–Trinajstić information content (AvgIpc) is 3.31. The number of quaternary nitrogens is 1. The lowest BCUT2D eigenvalue weighted by atomic mass is 10.0. The molecule has 0 aromatic heterocycles. The highest BCUT2D eigenvalue weighted by molar-refractivity contribution is 7.47. The molecular formula is C59H110N2O7P+. The molecule has 1 amide bonds. The first-order chi connectivity index (χ1) is 33.4. The van der Waals surface area contributed by atoms with Gasteiger partial charge >= 0.3 is 13.8 Å². The van der Waals surface area contributed by atoms with E-state index in [-0.39, 0.29) is 37.9 Å². The van der Waals surface area contributed by atoms with Gasteiger partial charge in [0.05, 0.1) is 33.8 Å². The highest BCUT2D eigenvalue weighted by atomic mass is 31.2. The molecule has 0 aliphatic rings. The van der Waals surface area contributed by atoms with Gasteiger partial charge in [-0.25, -0.2) is 4.57 Å². The Balaban J connectivity index is 5.44. The first-order valence-corrected chi connectivity index (χ1v) is 30.1. The smallest absolute Gasteiger partial charge is 0.456 e. The number of phosphoric acid groups is 1. The van der Waals surface area contributed by atoms with Crippen molar-refractivity contribution >= 4 is 19.7 Å². The number of carbonyl (C=O) groups excluding carboxylic acids is 2. The Hall–Kier alpha value is -2.29. The van der Waals surface area contributed by atoms with E-state index in [1.165, 1.54) is 148 Å². The van der Waals surface area contributed by atoms with Gasteiger partial charge in [-0.3, -0.25) is 18.6 Å². The van der Waals surface area contributed by atoms with Crippen molar-refractivity contribution in [3.05, 3.63) is 60.8 Å². The van der Waals surface area contributed by atoms with Crippen LogP contribution in [0.3, 0.4) is 0 Å². The summed E-state index contributed by atoms with van der Waals surface area (Å²) in [6, 6.07) is -0.874. The summed E-state index contributed by atoms with van der Waals surface area (Å²) in [5, 5.41) is 3.01. The molecule has 69 heavy (non-hydrogen) atoms. The van der Waals surface area contributed by atoms with Crippen LogP contribution in [0, 0.1) is 0 Å². The standard InChI is InChI=1S/C59H109N2O7P/c1-7-10-13-16-19-22-25-28-30-31-32-33-36-39-42-45-48-51-58(62)60-56(55-67-69(64,65)66-54-53-61(4,5)6)57(50-47-44-41-38-35-27-24-21-18-15-12-9-3)68-59(63)52-49-46-43-40-37-34-29-26-23-20-17-14-11-8-2/h19,22,28,30,32-33,39,42,47,50,56-57H,7-18,20-21,23-27,29,31,34-38,40-41,43-46,48-49,51-55H2,1-6H3,(H-,60,62,64,65)/p+1/b22-19-,30-28-,33-32-,42-39-,50-47+. The van der Waals surface area contributed by atoms with Crippen molar-refractivity contribution in [3.8, 4) is 0 Å². The van der Waals surface area contributed by atoms with Crippen molar-refractivity contribution in [2.75, 3.05) is 40.9 Å². The van der Waals surface area contributed by atoms with Crippen molar-refractivity contribution in [1.82, 2.24) is 5.32 Å². The average molecular weight is 991 g/mol. The number of ether oxygens (including phenoxy) is 1. The van der Waals surface area contributed by atoms with E-state index in [0.717, 1.165) is 64.2 Å². The third-order valence-electron chi connectivity index (χ3n) is 12.5. The summed E-state index contributed by atoms with van der Waals surface area (Å²) in [5.41, 5.74) is 0. The maximum atomic E-state index is 13.5. The predicted octanol–water partition coefficient (Wildman–Crippen LogP) is 17.1. The van der Waals surface area contributed by atoms with Gasteiger partial charge in [-0.15, -0.1) is 0 Å². The summed E-state index contributed by atoms with van der Waals surface area (Å²) in [6.07, 6.45) is 60.8. The molecule has 9 nitrogen and oxygen atoms in total. The number of nitrogens with one attached hydrogen (secondary N) is 1. The molecule has 0 aliphatic carbocycles. The van der Waals surface area contributed by atoms with Gasteiger partial charge in [0.15, 0.2) is 0 Å². The first kappa shape index (κ1) is 66.7. The quantitative estimate of drug-likeness (QED) is 0.0205. The number of allylic oxidation sites excluding steroid dienone is 9. The van der Waals surface area contributed by atoms with Gasteiger partial charge in [0.1, 0.15) is 19.3 Å². The van der Waals surface area contributed by atoms with E-state index in [2.05, 4.69) is 74.7 Å². The van der Waals surface area contributed by atoms with E-state index >= 15 is 0 Å². The van der Waals surface area contributed by atoms with Crippen LogP contribution in [0.4, 0.5) is 0 Å². The number of hydrogen-bond acceptors (Lipinski definition) is 6. The molecule has 0 aromatic rings. The second kappa shape index (κ2) is 49.3. The number of esters is 1. The molecule has 0 fully saturated rings. The Kier molecular flexibility index (Phi) is 47.7. The third-order valence-corrected chi connectivity index (χ3v) is 13.4. The zero-order chi connectivity index (χ0) is 50.8. The molecule has 3 atom stereocenters. The van der Waals surface area contributed by atoms with Crippen LogP contribution in [0.15, 0.2) is 60.8 Å². The summed E-state index contributed by atoms with van der Waals surface area (Å²) >= 11 is 0. The molecule has 402 valence electrons. The van der Waals surface area contributed by atoms with Crippen LogP contribution in [0.1, 0.15) is 252 Å². The molecule has 0 saturated heterocycles. The molecule has 0 spiro atoms. The van der Waals surface area contributed by atoms with Gasteiger partial charge in [-0.1, -0.05) is 230 Å². The van der Waals surface area contributed by atoms with Crippen molar-refractivity contribution < 1.29 is 37.3 Å². The highest BCUT2D eigenvalue weighted by Gasteiger charge is 2.30. The number of likely N-dealkylation sites (N-methyl/N-ethyl adjacent to an activating group) is 1. The SMILES string of the molecule is CCCCC/C=C\C/C=C\C/C=C\C/C=C\CCCC(=O)NC(COP(=O)(O)OCC[N+](C)(C)C)C(/C=C/CCCCCCCCCCCC)OC(=O)CCCCCCCCCCCCCCCC. The van der Waals surface area contributed by atoms with Gasteiger partial charge in [-0.05, 0) is 70.3 Å². The molecule has 0 rings (SSSR count). The number of amides is 1. The van der Waals surface area contributed by atoms with Gasteiger partial charge in [0.2, 0.25) is 5.91 Å². The molecule has 0 radical (unpaired) electrons. The fourth-order valence-corrected chi connectivity index (χ4v) is 8.73. The number of phosphoric ester groups is 1. The van der Waals surface area contributed by atoms with Crippen molar-refractivity contribution in [1.29, 1.82) is 0 Å². The lowest BCUT2D eigenvalue weighted by Crippen LogP contribution is -2.47. The monoisotopic (exact) mass is 990 g/mol. The summed E-state index contributed by atoms with van der Waals surface area (Å²) in [5.74, 6) is -0.567. The molecule has 0 bridgehead atoms. The maximum Gasteiger partial charge on any atom is 0.472 e. The molecular weight excluding hydrogens is 880 g/mol. The van der Waals surface area contributed by atoms with Crippen LogP contribution in [0.5, 0.6) is 0 Å². The highest BCUT2D eigenvalue weighted by Crippen LogP contribution is 2.43. The fraction of sp³-hybridized carbons (Fsp3) is 0.797. The van der Waals surface area contributed by atoms with Crippen molar-refractivity contribution in [3.63, 3.8) is 0 Å². The van der Waals surface area contributed by atoms with E-state index in [1.807, 2.05) is 33.3 Å². The third kappa shape index (κ3) is 50.4. The van der Waals surface area contributed by atoms with Crippen molar-refractivity contribution in [2.45, 2.75) is 264 Å². The lowest BCUT2D eigenvalue weighted by molar-refractivity contribution is -0.870. The number of carbonyl (C=O) groups is 2. The normalized spacial score (nSPS) is 14.2. The second-order valence-corrected chi connectivity index (χ2v) is 21.9. The number of hydrogen-bond donors (Lipinski definition) is 2. The summed E-state index contributed by atoms with van der Waals surface area (Å²) in [7, 11) is 1.46. The fourth-order valence-electron chi connectivity index (χ4n) is 7.99. The zero-order valence-electron chi connectivity index (χ0n) is 45.8. The zero-order valence-corrected chi connectivity index (χ0v) is 46.7. The summed E-state index contributed by atoms with van der Waals surface area (Å²) < 4.78 is 30.6. The van der Waals surface area contributed by atoms with Gasteiger partial charge in [0.25, 0.3) is 0 Å². The Morgan fingerprint density at radius 2 is 0.899 bits per heavy atom. The maximum absolute atomic E-state index is 13.5. The largest absolute Gasteiger partial charge is 0.472 e.